The third-order valence-electron chi connectivity index (χ3n) is 6.12. The molecular formula is C24H24N2O5. The van der Waals surface area contributed by atoms with E-state index in [9.17, 15) is 9.59 Å². The number of hydrogen-bond acceptors (Lipinski definition) is 5. The maximum absolute atomic E-state index is 13.3. The van der Waals surface area contributed by atoms with Crippen molar-refractivity contribution in [1.29, 1.82) is 0 Å². The SMILES string of the molecule is C[C@H]1Oc2c(C(=O)Nc3c(C(=O)N4CCOCC4)oc4ccccc34)cccc2[C@@H]1C. The van der Waals surface area contributed by atoms with Gasteiger partial charge < -0.3 is 24.1 Å². The van der Waals surface area contributed by atoms with Crippen LogP contribution >= 0.6 is 0 Å². The highest BCUT2D eigenvalue weighted by Crippen LogP contribution is 2.41. The first-order valence-corrected chi connectivity index (χ1v) is 10.5. The Hall–Kier alpha value is -3.32. The summed E-state index contributed by atoms with van der Waals surface area (Å²) in [7, 11) is 0. The van der Waals surface area contributed by atoms with Gasteiger partial charge in [0, 0.05) is 30.0 Å². The Balaban J connectivity index is 1.52. The van der Waals surface area contributed by atoms with Gasteiger partial charge in [0.25, 0.3) is 11.8 Å². The molecule has 3 aromatic rings. The number of furan rings is 1. The molecule has 0 saturated carbocycles. The highest BCUT2D eigenvalue weighted by atomic mass is 16.5. The zero-order valence-electron chi connectivity index (χ0n) is 17.5. The van der Waals surface area contributed by atoms with E-state index in [0.717, 1.165) is 5.56 Å². The summed E-state index contributed by atoms with van der Waals surface area (Å²) in [4.78, 5) is 28.2. The molecule has 2 aromatic carbocycles. The minimum absolute atomic E-state index is 0.00263. The lowest BCUT2D eigenvalue weighted by atomic mass is 9.97. The number of anilines is 1. The topological polar surface area (TPSA) is 81.0 Å². The molecule has 1 aromatic heterocycles. The molecule has 7 nitrogen and oxygen atoms in total. The summed E-state index contributed by atoms with van der Waals surface area (Å²) in [5, 5.41) is 3.62. The van der Waals surface area contributed by atoms with Crippen LogP contribution in [0.15, 0.2) is 46.9 Å². The van der Waals surface area contributed by atoms with Crippen LogP contribution in [0.2, 0.25) is 0 Å². The standard InChI is InChI=1S/C24H24N2O5/c1-14-15(2)30-21-16(14)7-5-8-18(21)23(27)25-20-17-6-3-4-9-19(17)31-22(20)24(28)26-10-12-29-13-11-26/h3-9,14-15H,10-13H2,1-2H3,(H,25,27)/t14-,15-/m1/s1. The summed E-state index contributed by atoms with van der Waals surface area (Å²) >= 11 is 0. The van der Waals surface area contributed by atoms with E-state index in [1.165, 1.54) is 0 Å². The van der Waals surface area contributed by atoms with Gasteiger partial charge in [-0.25, -0.2) is 0 Å². The molecule has 1 fully saturated rings. The van der Waals surface area contributed by atoms with Gasteiger partial charge in [0.05, 0.1) is 18.8 Å². The molecule has 1 N–H and O–H groups in total. The number of carbonyl (C=O) groups excluding carboxylic acids is 2. The van der Waals surface area contributed by atoms with Crippen molar-refractivity contribution in [3.05, 3.63) is 59.4 Å². The Morgan fingerprint density at radius 2 is 1.81 bits per heavy atom. The Labute approximate surface area is 179 Å². The van der Waals surface area contributed by atoms with Crippen LogP contribution in [0.5, 0.6) is 5.75 Å². The van der Waals surface area contributed by atoms with Gasteiger partial charge in [0.15, 0.2) is 0 Å². The third-order valence-corrected chi connectivity index (χ3v) is 6.12. The first kappa shape index (κ1) is 19.6. The normalized spacial score (nSPS) is 20.4. The highest BCUT2D eigenvalue weighted by molar-refractivity contribution is 6.15. The Kier molecular flexibility index (Phi) is 4.90. The van der Waals surface area contributed by atoms with Crippen LogP contribution in [0.25, 0.3) is 11.0 Å². The minimum Gasteiger partial charge on any atom is -0.489 e. The molecule has 2 atom stereocenters. The second-order valence-corrected chi connectivity index (χ2v) is 8.00. The van der Waals surface area contributed by atoms with Crippen LogP contribution in [0.3, 0.4) is 0 Å². The summed E-state index contributed by atoms with van der Waals surface area (Å²) in [5.74, 6) is 0.351. The molecule has 5 rings (SSSR count). The summed E-state index contributed by atoms with van der Waals surface area (Å²) in [6, 6.07) is 12.9. The fourth-order valence-electron chi connectivity index (χ4n) is 4.18. The molecule has 2 aliphatic heterocycles. The molecule has 3 heterocycles. The molecule has 160 valence electrons. The predicted molar refractivity (Wildman–Crippen MR) is 116 cm³/mol. The number of para-hydroxylation sites is 2. The average molecular weight is 420 g/mol. The Morgan fingerprint density at radius 3 is 2.61 bits per heavy atom. The van der Waals surface area contributed by atoms with Crippen LogP contribution in [-0.4, -0.2) is 49.1 Å². The van der Waals surface area contributed by atoms with Crippen molar-refractivity contribution >= 4 is 28.5 Å². The third kappa shape index (κ3) is 3.35. The lowest BCUT2D eigenvalue weighted by molar-refractivity contribution is 0.0285. The maximum Gasteiger partial charge on any atom is 0.291 e. The number of benzene rings is 2. The Bertz CT molecular complexity index is 1160. The van der Waals surface area contributed by atoms with Crippen LogP contribution in [-0.2, 0) is 4.74 Å². The van der Waals surface area contributed by atoms with E-state index in [4.69, 9.17) is 13.9 Å². The molecule has 2 aliphatic rings. The molecule has 0 unspecified atom stereocenters. The van der Waals surface area contributed by atoms with Gasteiger partial charge in [-0.05, 0) is 25.1 Å². The van der Waals surface area contributed by atoms with E-state index in [1.54, 1.807) is 17.0 Å². The first-order chi connectivity index (χ1) is 15.0. The zero-order valence-corrected chi connectivity index (χ0v) is 17.5. The van der Waals surface area contributed by atoms with Crippen LogP contribution in [0.1, 0.15) is 46.2 Å². The molecule has 0 bridgehead atoms. The fraction of sp³-hybridized carbons (Fsp3) is 0.333. The number of nitrogens with one attached hydrogen (secondary N) is 1. The molecular weight excluding hydrogens is 396 g/mol. The van der Waals surface area contributed by atoms with E-state index in [-0.39, 0.29) is 29.6 Å². The van der Waals surface area contributed by atoms with Crippen molar-refractivity contribution in [2.24, 2.45) is 0 Å². The zero-order chi connectivity index (χ0) is 21.5. The van der Waals surface area contributed by atoms with Crippen molar-refractivity contribution in [3.63, 3.8) is 0 Å². The average Bonchev–Trinajstić information content (AvgIpc) is 3.31. The molecule has 0 aliphatic carbocycles. The van der Waals surface area contributed by atoms with Crippen molar-refractivity contribution in [2.75, 3.05) is 31.6 Å². The summed E-state index contributed by atoms with van der Waals surface area (Å²) in [6.07, 6.45) is -0.00263. The number of nitrogens with zero attached hydrogens (tertiary/aromatic N) is 1. The summed E-state index contributed by atoms with van der Waals surface area (Å²) in [5.41, 5.74) is 2.39. The number of morpholine rings is 1. The van der Waals surface area contributed by atoms with E-state index in [1.807, 2.05) is 37.3 Å². The van der Waals surface area contributed by atoms with Gasteiger partial charge in [-0.3, -0.25) is 9.59 Å². The summed E-state index contributed by atoms with van der Waals surface area (Å²) < 4.78 is 17.2. The number of ether oxygens (including phenoxy) is 2. The van der Waals surface area contributed by atoms with E-state index in [0.29, 0.717) is 54.3 Å². The number of amides is 2. The van der Waals surface area contributed by atoms with E-state index in [2.05, 4.69) is 12.2 Å². The van der Waals surface area contributed by atoms with Gasteiger partial charge in [-0.15, -0.1) is 0 Å². The van der Waals surface area contributed by atoms with Gasteiger partial charge in [-0.1, -0.05) is 31.2 Å². The summed E-state index contributed by atoms with van der Waals surface area (Å²) in [6.45, 7) is 6.02. The lowest BCUT2D eigenvalue weighted by Gasteiger charge is -2.26. The van der Waals surface area contributed by atoms with Crippen molar-refractivity contribution in [3.8, 4) is 5.75 Å². The van der Waals surface area contributed by atoms with Crippen LogP contribution in [0.4, 0.5) is 5.69 Å². The maximum atomic E-state index is 13.3. The van der Waals surface area contributed by atoms with Crippen LogP contribution in [0, 0.1) is 0 Å². The van der Waals surface area contributed by atoms with Gasteiger partial charge in [-0.2, -0.15) is 0 Å². The Morgan fingerprint density at radius 1 is 1.03 bits per heavy atom. The van der Waals surface area contributed by atoms with Gasteiger partial charge in [0.1, 0.15) is 23.1 Å². The molecule has 2 amide bonds. The number of hydrogen-bond donors (Lipinski definition) is 1. The van der Waals surface area contributed by atoms with E-state index >= 15 is 0 Å². The monoisotopic (exact) mass is 420 g/mol. The minimum atomic E-state index is -0.333. The van der Waals surface area contributed by atoms with Crippen molar-refractivity contribution < 1.29 is 23.5 Å². The van der Waals surface area contributed by atoms with Crippen molar-refractivity contribution in [1.82, 2.24) is 4.90 Å². The largest absolute Gasteiger partial charge is 0.489 e. The number of rotatable bonds is 3. The number of carbonyl (C=O) groups is 2. The second kappa shape index (κ2) is 7.74. The van der Waals surface area contributed by atoms with Gasteiger partial charge >= 0.3 is 0 Å². The molecule has 0 spiro atoms. The molecule has 0 radical (unpaired) electrons. The lowest BCUT2D eigenvalue weighted by Crippen LogP contribution is -2.40. The first-order valence-electron chi connectivity index (χ1n) is 10.5. The predicted octanol–water partition coefficient (Wildman–Crippen LogP) is 4.04. The van der Waals surface area contributed by atoms with Crippen LogP contribution < -0.4 is 10.1 Å². The van der Waals surface area contributed by atoms with E-state index < -0.39 is 0 Å². The second-order valence-electron chi connectivity index (χ2n) is 8.00. The fourth-order valence-corrected chi connectivity index (χ4v) is 4.18. The smallest absolute Gasteiger partial charge is 0.291 e. The van der Waals surface area contributed by atoms with Crippen molar-refractivity contribution in [2.45, 2.75) is 25.9 Å². The molecule has 1 saturated heterocycles. The number of fused-ring (bicyclic) bond motifs is 2. The quantitative estimate of drug-likeness (QED) is 0.692. The highest BCUT2D eigenvalue weighted by Gasteiger charge is 2.32. The molecule has 31 heavy (non-hydrogen) atoms. The molecule has 7 heteroatoms. The van der Waals surface area contributed by atoms with Gasteiger partial charge in [0.2, 0.25) is 5.76 Å².